The Kier molecular flexibility index (Phi) is 9.78. The van der Waals surface area contributed by atoms with Crippen molar-refractivity contribution in [2.45, 2.75) is 87.3 Å². The van der Waals surface area contributed by atoms with Crippen molar-refractivity contribution in [3.8, 4) is 0 Å². The maximum atomic E-state index is 11.5. The predicted octanol–water partition coefficient (Wildman–Crippen LogP) is 4.64. The molecule has 8 heteroatoms. The topological polar surface area (TPSA) is 109 Å². The van der Waals surface area contributed by atoms with Crippen molar-refractivity contribution in [3.63, 3.8) is 0 Å². The van der Waals surface area contributed by atoms with Gasteiger partial charge in [-0.3, -0.25) is 9.11 Å². The average Bonchev–Trinajstić information content (AvgIpc) is 2.54. The van der Waals surface area contributed by atoms with E-state index >= 15 is 0 Å². The first-order valence-corrected chi connectivity index (χ1v) is 12.1. The molecule has 0 spiro atoms. The molecule has 26 heavy (non-hydrogen) atoms. The van der Waals surface area contributed by atoms with Crippen LogP contribution in [0.5, 0.6) is 0 Å². The molecule has 0 radical (unpaired) electrons. The van der Waals surface area contributed by atoms with Gasteiger partial charge in [0.2, 0.25) is 0 Å². The molecule has 0 aromatic heterocycles. The van der Waals surface area contributed by atoms with E-state index in [1.165, 1.54) is 44.6 Å². The van der Waals surface area contributed by atoms with Crippen LogP contribution in [0.4, 0.5) is 0 Å². The number of rotatable bonds is 13. The van der Waals surface area contributed by atoms with Crippen LogP contribution in [0.25, 0.3) is 0 Å². The minimum atomic E-state index is -4.55. The molecule has 1 aromatic rings. The standard InChI is InChI=1S/C18H30O6S2/c1-2-3-4-5-6-7-8-9-10-11-13-16-17(25(19,20)21)14-12-15-18(16)26(22,23)24/h12,14-15H,2-11,13H2,1H3,(H,19,20,21)(H,22,23,24). The van der Waals surface area contributed by atoms with Crippen LogP contribution in [-0.2, 0) is 26.7 Å². The van der Waals surface area contributed by atoms with E-state index in [4.69, 9.17) is 0 Å². The summed E-state index contributed by atoms with van der Waals surface area (Å²) in [6.07, 6.45) is 11.1. The highest BCUT2D eigenvalue weighted by Crippen LogP contribution is 2.26. The minimum absolute atomic E-state index is 0.0444. The van der Waals surface area contributed by atoms with Gasteiger partial charge in [0.25, 0.3) is 20.2 Å². The van der Waals surface area contributed by atoms with Gasteiger partial charge >= 0.3 is 0 Å². The fourth-order valence-corrected chi connectivity index (χ4v) is 4.68. The van der Waals surface area contributed by atoms with E-state index in [1.807, 2.05) is 0 Å². The van der Waals surface area contributed by atoms with Crippen LogP contribution in [-0.4, -0.2) is 25.9 Å². The normalized spacial score (nSPS) is 12.4. The van der Waals surface area contributed by atoms with E-state index in [0.717, 1.165) is 31.4 Å². The van der Waals surface area contributed by atoms with Gasteiger partial charge in [0.1, 0.15) is 0 Å². The van der Waals surface area contributed by atoms with Gasteiger partial charge in [-0.1, -0.05) is 70.8 Å². The molecule has 6 nitrogen and oxygen atoms in total. The van der Waals surface area contributed by atoms with Gasteiger partial charge in [0.05, 0.1) is 9.79 Å². The molecule has 0 heterocycles. The van der Waals surface area contributed by atoms with Crippen LogP contribution in [0.3, 0.4) is 0 Å². The highest BCUT2D eigenvalue weighted by atomic mass is 32.2. The molecule has 0 fully saturated rings. The highest BCUT2D eigenvalue weighted by Gasteiger charge is 2.23. The molecule has 1 aromatic carbocycles. The molecular weight excluding hydrogens is 376 g/mol. The number of hydrogen-bond acceptors (Lipinski definition) is 4. The highest BCUT2D eigenvalue weighted by molar-refractivity contribution is 7.86. The van der Waals surface area contributed by atoms with Gasteiger partial charge in [0.15, 0.2) is 0 Å². The fourth-order valence-electron chi connectivity index (χ4n) is 3.06. The third-order valence-corrected chi connectivity index (χ3v) is 6.30. The molecule has 0 aliphatic carbocycles. The molecule has 0 amide bonds. The van der Waals surface area contributed by atoms with Crippen molar-refractivity contribution in [1.82, 2.24) is 0 Å². The van der Waals surface area contributed by atoms with Crippen molar-refractivity contribution < 1.29 is 25.9 Å². The van der Waals surface area contributed by atoms with Gasteiger partial charge in [-0.15, -0.1) is 0 Å². The van der Waals surface area contributed by atoms with Gasteiger partial charge in [-0.2, -0.15) is 16.8 Å². The SMILES string of the molecule is CCCCCCCCCCCCc1c(S(=O)(=O)O)cccc1S(=O)(=O)O. The minimum Gasteiger partial charge on any atom is -0.282 e. The molecule has 0 unspecified atom stereocenters. The van der Waals surface area contributed by atoms with Gasteiger partial charge in [0, 0.05) is 0 Å². The summed E-state index contributed by atoms with van der Waals surface area (Å²) in [7, 11) is -9.11. The lowest BCUT2D eigenvalue weighted by Crippen LogP contribution is -2.10. The molecule has 0 saturated carbocycles. The molecule has 0 atom stereocenters. The summed E-state index contributed by atoms with van der Waals surface area (Å²) < 4.78 is 64.6. The maximum absolute atomic E-state index is 11.5. The van der Waals surface area contributed by atoms with Crippen LogP contribution < -0.4 is 0 Å². The van der Waals surface area contributed by atoms with Crippen LogP contribution in [0.15, 0.2) is 28.0 Å². The molecule has 150 valence electrons. The van der Waals surface area contributed by atoms with Gasteiger partial charge < -0.3 is 0 Å². The molecule has 2 N–H and O–H groups in total. The Morgan fingerprint density at radius 3 is 1.46 bits per heavy atom. The van der Waals surface area contributed by atoms with Crippen LogP contribution in [0, 0.1) is 0 Å². The molecular formula is C18H30O6S2. The quantitative estimate of drug-likeness (QED) is 0.365. The fraction of sp³-hybridized carbons (Fsp3) is 0.667. The van der Waals surface area contributed by atoms with Crippen molar-refractivity contribution in [3.05, 3.63) is 23.8 Å². The van der Waals surface area contributed by atoms with Crippen LogP contribution >= 0.6 is 0 Å². The van der Waals surface area contributed by atoms with Crippen molar-refractivity contribution >= 4 is 20.2 Å². The van der Waals surface area contributed by atoms with Crippen molar-refractivity contribution in [2.24, 2.45) is 0 Å². The number of hydrogen-bond donors (Lipinski definition) is 2. The van der Waals surface area contributed by atoms with Crippen LogP contribution in [0.1, 0.15) is 76.7 Å². The maximum Gasteiger partial charge on any atom is 0.294 e. The summed E-state index contributed by atoms with van der Waals surface area (Å²) >= 11 is 0. The third kappa shape index (κ3) is 8.16. The number of benzene rings is 1. The van der Waals surface area contributed by atoms with E-state index in [-0.39, 0.29) is 12.0 Å². The molecule has 0 saturated heterocycles. The second-order valence-corrected chi connectivity index (χ2v) is 9.39. The molecule has 1 rings (SSSR count). The van der Waals surface area contributed by atoms with E-state index in [2.05, 4.69) is 6.92 Å². The Morgan fingerprint density at radius 1 is 0.692 bits per heavy atom. The van der Waals surface area contributed by atoms with Gasteiger partial charge in [-0.25, -0.2) is 0 Å². The van der Waals surface area contributed by atoms with E-state index in [0.29, 0.717) is 6.42 Å². The second-order valence-electron chi connectivity index (χ2n) is 6.61. The number of unbranched alkanes of at least 4 members (excludes halogenated alkanes) is 9. The zero-order chi connectivity index (χ0) is 19.6. The lowest BCUT2D eigenvalue weighted by atomic mass is 10.0. The largest absolute Gasteiger partial charge is 0.294 e. The third-order valence-electron chi connectivity index (χ3n) is 4.43. The monoisotopic (exact) mass is 406 g/mol. The Labute approximate surface area is 157 Å². The summed E-state index contributed by atoms with van der Waals surface area (Å²) in [6.45, 7) is 2.19. The zero-order valence-corrected chi connectivity index (χ0v) is 17.0. The Hall–Kier alpha value is -0.960. The Morgan fingerprint density at radius 2 is 1.08 bits per heavy atom. The second kappa shape index (κ2) is 11.0. The first kappa shape index (κ1) is 23.1. The lowest BCUT2D eigenvalue weighted by Gasteiger charge is -2.11. The van der Waals surface area contributed by atoms with Crippen LogP contribution in [0.2, 0.25) is 0 Å². The van der Waals surface area contributed by atoms with E-state index < -0.39 is 30.0 Å². The van der Waals surface area contributed by atoms with Crippen molar-refractivity contribution in [1.29, 1.82) is 0 Å². The molecule has 0 bridgehead atoms. The van der Waals surface area contributed by atoms with E-state index in [9.17, 15) is 25.9 Å². The summed E-state index contributed by atoms with van der Waals surface area (Å²) in [5, 5.41) is 0. The zero-order valence-electron chi connectivity index (χ0n) is 15.4. The van der Waals surface area contributed by atoms with E-state index in [1.54, 1.807) is 0 Å². The van der Waals surface area contributed by atoms with Gasteiger partial charge in [-0.05, 0) is 30.5 Å². The van der Waals surface area contributed by atoms with Crippen molar-refractivity contribution in [2.75, 3.05) is 0 Å². The lowest BCUT2D eigenvalue weighted by molar-refractivity contribution is 0.477. The molecule has 0 aliphatic rings. The summed E-state index contributed by atoms with van der Waals surface area (Å²) in [5.41, 5.74) is -0.0444. The average molecular weight is 407 g/mol. The summed E-state index contributed by atoms with van der Waals surface area (Å²) in [4.78, 5) is -0.910. The smallest absolute Gasteiger partial charge is 0.282 e. The summed E-state index contributed by atoms with van der Waals surface area (Å²) in [5.74, 6) is 0. The first-order chi connectivity index (χ1) is 12.2. The summed E-state index contributed by atoms with van der Waals surface area (Å²) in [6, 6.07) is 3.49. The Bertz CT molecular complexity index is 704. The predicted molar refractivity (Wildman–Crippen MR) is 102 cm³/mol. The Balaban J connectivity index is 2.56. The molecule has 0 aliphatic heterocycles. The first-order valence-electron chi connectivity index (χ1n) is 9.24.